The molecule has 1 unspecified atom stereocenters. The molecule has 1 aromatic heterocycles. The van der Waals surface area contributed by atoms with Gasteiger partial charge in [-0.05, 0) is 43.1 Å². The normalized spacial score (nSPS) is 12.6. The topological polar surface area (TPSA) is 50.1 Å². The number of aromatic nitrogens is 2. The zero-order valence-corrected chi connectivity index (χ0v) is 12.3. The quantitative estimate of drug-likeness (QED) is 0.825. The third kappa shape index (κ3) is 4.34. The molecule has 1 atom stereocenters. The monoisotopic (exact) mass is 293 g/mol. The summed E-state index contributed by atoms with van der Waals surface area (Å²) in [6.45, 7) is 4.05. The van der Waals surface area contributed by atoms with Gasteiger partial charge in [-0.25, -0.2) is 4.68 Å². The second-order valence-corrected chi connectivity index (χ2v) is 5.45. The zero-order chi connectivity index (χ0) is 14.4. The number of benzene rings is 1. The molecule has 0 amide bonds. The van der Waals surface area contributed by atoms with E-state index in [0.29, 0.717) is 5.92 Å². The Labute approximate surface area is 124 Å². The lowest BCUT2D eigenvalue weighted by Crippen LogP contribution is -2.21. The smallest absolute Gasteiger partial charge is 0.0646 e. The summed E-state index contributed by atoms with van der Waals surface area (Å²) in [4.78, 5) is 0. The van der Waals surface area contributed by atoms with Gasteiger partial charge in [-0.2, -0.15) is 5.10 Å². The van der Waals surface area contributed by atoms with Crippen LogP contribution in [0.15, 0.2) is 36.7 Å². The molecular formula is C15H20ClN3O. The van der Waals surface area contributed by atoms with Crippen LogP contribution in [-0.2, 0) is 6.54 Å². The summed E-state index contributed by atoms with van der Waals surface area (Å²) in [7, 11) is 0. The van der Waals surface area contributed by atoms with E-state index in [1.807, 2.05) is 41.3 Å². The van der Waals surface area contributed by atoms with E-state index in [1.165, 1.54) is 0 Å². The highest BCUT2D eigenvalue weighted by Crippen LogP contribution is 2.13. The molecule has 2 aromatic rings. The second-order valence-electron chi connectivity index (χ2n) is 5.02. The number of hydrogen-bond acceptors (Lipinski definition) is 3. The lowest BCUT2D eigenvalue weighted by atomic mass is 10.1. The van der Waals surface area contributed by atoms with Crippen molar-refractivity contribution in [3.63, 3.8) is 0 Å². The van der Waals surface area contributed by atoms with Gasteiger partial charge in [0.15, 0.2) is 0 Å². The van der Waals surface area contributed by atoms with Gasteiger partial charge in [0.1, 0.15) is 0 Å². The first-order valence-corrected chi connectivity index (χ1v) is 7.18. The number of nitrogens with zero attached hydrogens (tertiary/aromatic N) is 2. The van der Waals surface area contributed by atoms with Crippen LogP contribution >= 0.6 is 11.6 Å². The van der Waals surface area contributed by atoms with Crippen molar-refractivity contribution in [1.82, 2.24) is 15.1 Å². The molecule has 1 aromatic carbocycles. The van der Waals surface area contributed by atoms with Gasteiger partial charge >= 0.3 is 0 Å². The molecule has 2 rings (SSSR count). The van der Waals surface area contributed by atoms with Gasteiger partial charge in [0.25, 0.3) is 0 Å². The summed E-state index contributed by atoms with van der Waals surface area (Å²) in [6, 6.07) is 7.59. The van der Waals surface area contributed by atoms with E-state index in [-0.39, 0.29) is 6.61 Å². The number of nitrogens with one attached hydrogen (secondary N) is 1. The Morgan fingerprint density at radius 2 is 2.10 bits per heavy atom. The van der Waals surface area contributed by atoms with Gasteiger partial charge < -0.3 is 10.4 Å². The number of aliphatic hydroxyl groups is 1. The average Bonchev–Trinajstić information content (AvgIpc) is 2.89. The molecule has 0 aliphatic rings. The van der Waals surface area contributed by atoms with E-state index in [0.717, 1.165) is 35.8 Å². The van der Waals surface area contributed by atoms with Crippen LogP contribution in [0.4, 0.5) is 0 Å². The molecule has 5 heteroatoms. The van der Waals surface area contributed by atoms with Crippen LogP contribution in [0.2, 0.25) is 5.02 Å². The van der Waals surface area contributed by atoms with Crippen LogP contribution in [0, 0.1) is 5.92 Å². The third-order valence-corrected chi connectivity index (χ3v) is 3.42. The van der Waals surface area contributed by atoms with Crippen LogP contribution < -0.4 is 5.32 Å². The Hall–Kier alpha value is -1.36. The number of aliphatic hydroxyl groups excluding tert-OH is 1. The molecule has 0 saturated carbocycles. The van der Waals surface area contributed by atoms with Crippen molar-refractivity contribution in [1.29, 1.82) is 0 Å². The minimum absolute atomic E-state index is 0.247. The summed E-state index contributed by atoms with van der Waals surface area (Å²) < 4.78 is 1.84. The standard InChI is InChI=1S/C15H20ClN3O/c1-12(6-7-20)8-17-9-13-10-18-19(11-13)15-4-2-14(16)3-5-15/h2-5,10-12,17,20H,6-9H2,1H3. The third-order valence-electron chi connectivity index (χ3n) is 3.17. The van der Waals surface area contributed by atoms with Crippen LogP contribution in [-0.4, -0.2) is 28.0 Å². The number of hydrogen-bond donors (Lipinski definition) is 2. The first-order valence-electron chi connectivity index (χ1n) is 6.80. The Morgan fingerprint density at radius 1 is 1.35 bits per heavy atom. The van der Waals surface area contributed by atoms with Gasteiger partial charge in [0.2, 0.25) is 0 Å². The van der Waals surface area contributed by atoms with E-state index in [9.17, 15) is 0 Å². The summed E-state index contributed by atoms with van der Waals surface area (Å²) in [5.74, 6) is 0.478. The van der Waals surface area contributed by atoms with Crippen LogP contribution in [0.5, 0.6) is 0 Å². The minimum Gasteiger partial charge on any atom is -0.396 e. The lowest BCUT2D eigenvalue weighted by molar-refractivity contribution is 0.260. The van der Waals surface area contributed by atoms with E-state index in [2.05, 4.69) is 17.3 Å². The van der Waals surface area contributed by atoms with Crippen molar-refractivity contribution in [3.05, 3.63) is 47.2 Å². The molecule has 0 spiro atoms. The predicted molar refractivity (Wildman–Crippen MR) is 81.1 cm³/mol. The molecule has 0 aliphatic heterocycles. The van der Waals surface area contributed by atoms with Crippen molar-refractivity contribution in [3.8, 4) is 5.69 Å². The van der Waals surface area contributed by atoms with Crippen LogP contribution in [0.25, 0.3) is 5.69 Å². The van der Waals surface area contributed by atoms with Crippen molar-refractivity contribution < 1.29 is 5.11 Å². The van der Waals surface area contributed by atoms with Gasteiger partial charge in [0, 0.05) is 29.9 Å². The number of rotatable bonds is 7. The van der Waals surface area contributed by atoms with Gasteiger partial charge in [-0.15, -0.1) is 0 Å². The molecule has 0 radical (unpaired) electrons. The fourth-order valence-corrected chi connectivity index (χ4v) is 2.10. The molecule has 4 nitrogen and oxygen atoms in total. The number of halogens is 1. The summed E-state index contributed by atoms with van der Waals surface area (Å²) in [5.41, 5.74) is 2.13. The predicted octanol–water partition coefficient (Wildman–Crippen LogP) is 2.63. The van der Waals surface area contributed by atoms with Crippen LogP contribution in [0.1, 0.15) is 18.9 Å². The molecule has 1 heterocycles. The van der Waals surface area contributed by atoms with Crippen LogP contribution in [0.3, 0.4) is 0 Å². The SMILES string of the molecule is CC(CCO)CNCc1cnn(-c2ccc(Cl)cc2)c1. The molecular weight excluding hydrogens is 274 g/mol. The zero-order valence-electron chi connectivity index (χ0n) is 11.6. The molecule has 2 N–H and O–H groups in total. The minimum atomic E-state index is 0.247. The van der Waals surface area contributed by atoms with Crippen molar-refractivity contribution >= 4 is 11.6 Å². The van der Waals surface area contributed by atoms with Crippen molar-refractivity contribution in [2.24, 2.45) is 5.92 Å². The first-order chi connectivity index (χ1) is 9.69. The van der Waals surface area contributed by atoms with Gasteiger partial charge in [0.05, 0.1) is 11.9 Å². The summed E-state index contributed by atoms with van der Waals surface area (Å²) in [6.07, 6.45) is 4.70. The maximum Gasteiger partial charge on any atom is 0.0646 e. The molecule has 0 bridgehead atoms. The maximum absolute atomic E-state index is 8.85. The molecule has 20 heavy (non-hydrogen) atoms. The van der Waals surface area contributed by atoms with E-state index in [1.54, 1.807) is 0 Å². The largest absolute Gasteiger partial charge is 0.396 e. The van der Waals surface area contributed by atoms with E-state index in [4.69, 9.17) is 16.7 Å². The Balaban J connectivity index is 1.87. The van der Waals surface area contributed by atoms with Gasteiger partial charge in [-0.1, -0.05) is 18.5 Å². The first kappa shape index (κ1) is 15.0. The molecule has 0 saturated heterocycles. The Kier molecular flexibility index (Phi) is 5.59. The summed E-state index contributed by atoms with van der Waals surface area (Å²) in [5, 5.41) is 17.3. The summed E-state index contributed by atoms with van der Waals surface area (Å²) >= 11 is 5.87. The second kappa shape index (κ2) is 7.43. The van der Waals surface area contributed by atoms with Crippen molar-refractivity contribution in [2.45, 2.75) is 19.9 Å². The molecule has 0 fully saturated rings. The maximum atomic E-state index is 8.85. The fourth-order valence-electron chi connectivity index (χ4n) is 1.97. The van der Waals surface area contributed by atoms with Crippen molar-refractivity contribution in [2.75, 3.05) is 13.2 Å². The Bertz CT molecular complexity index is 524. The average molecular weight is 294 g/mol. The Morgan fingerprint density at radius 3 is 2.80 bits per heavy atom. The lowest BCUT2D eigenvalue weighted by Gasteiger charge is -2.09. The van der Waals surface area contributed by atoms with E-state index < -0.39 is 0 Å². The fraction of sp³-hybridized carbons (Fsp3) is 0.400. The highest BCUT2D eigenvalue weighted by atomic mass is 35.5. The molecule has 108 valence electrons. The van der Waals surface area contributed by atoms with Gasteiger partial charge in [-0.3, -0.25) is 0 Å². The highest BCUT2D eigenvalue weighted by molar-refractivity contribution is 6.30. The highest BCUT2D eigenvalue weighted by Gasteiger charge is 2.03. The van der Waals surface area contributed by atoms with E-state index >= 15 is 0 Å². The molecule has 0 aliphatic carbocycles.